The molecule has 0 aliphatic rings. The van der Waals surface area contributed by atoms with Gasteiger partial charge in [-0.1, -0.05) is 42.5 Å². The summed E-state index contributed by atoms with van der Waals surface area (Å²) in [5.41, 5.74) is 9.17. The number of amidine groups is 1. The average Bonchev–Trinajstić information content (AvgIpc) is 3.18. The summed E-state index contributed by atoms with van der Waals surface area (Å²) < 4.78 is 1.77. The van der Waals surface area contributed by atoms with Gasteiger partial charge >= 0.3 is 5.97 Å². The molecular formula is C25H23N5O3. The molecule has 5 N–H and O–H groups in total. The number of anilines is 1. The Morgan fingerprint density at radius 3 is 2.33 bits per heavy atom. The third kappa shape index (κ3) is 4.18. The first-order chi connectivity index (χ1) is 15.8. The van der Waals surface area contributed by atoms with E-state index in [4.69, 9.17) is 11.1 Å². The van der Waals surface area contributed by atoms with E-state index in [-0.39, 0.29) is 28.8 Å². The molecule has 4 rings (SSSR count). The zero-order valence-corrected chi connectivity index (χ0v) is 18.2. The van der Waals surface area contributed by atoms with Crippen molar-refractivity contribution in [3.05, 3.63) is 83.6 Å². The topological polar surface area (TPSA) is 134 Å². The number of nitrogens with one attached hydrogen (secondary N) is 2. The Kier molecular flexibility index (Phi) is 5.66. The Hall–Kier alpha value is -4.46. The standard InChI is InChI=1S/C25H23N5O3/c1-14(2)30-21-12-11-17(15-7-9-16(10-8-15)23(26)27)13-19(21)22(29-30)24(31)28-20-6-4-3-5-18(20)25(32)33/h3-14H,1-2H3,(H3,26,27)(H,28,31)(H,32,33). The first kappa shape index (κ1) is 21.8. The van der Waals surface area contributed by atoms with E-state index in [0.717, 1.165) is 16.6 Å². The normalized spacial score (nSPS) is 11.0. The van der Waals surface area contributed by atoms with Gasteiger partial charge in [-0.3, -0.25) is 14.9 Å². The minimum atomic E-state index is -1.13. The first-order valence-electron chi connectivity index (χ1n) is 10.4. The number of carboxylic acid groups (broad SMARTS) is 1. The Bertz CT molecular complexity index is 1390. The third-order valence-electron chi connectivity index (χ3n) is 5.35. The van der Waals surface area contributed by atoms with Crippen LogP contribution in [0.1, 0.15) is 46.3 Å². The van der Waals surface area contributed by atoms with E-state index in [1.807, 2.05) is 44.2 Å². The minimum Gasteiger partial charge on any atom is -0.478 e. The van der Waals surface area contributed by atoms with Crippen LogP contribution in [0.3, 0.4) is 0 Å². The fraction of sp³-hybridized carbons (Fsp3) is 0.120. The smallest absolute Gasteiger partial charge is 0.337 e. The molecule has 1 heterocycles. The van der Waals surface area contributed by atoms with E-state index < -0.39 is 11.9 Å². The van der Waals surface area contributed by atoms with E-state index >= 15 is 0 Å². The van der Waals surface area contributed by atoms with Gasteiger partial charge in [-0.15, -0.1) is 0 Å². The van der Waals surface area contributed by atoms with E-state index in [0.29, 0.717) is 10.9 Å². The van der Waals surface area contributed by atoms with Crippen LogP contribution in [-0.4, -0.2) is 32.6 Å². The summed E-state index contributed by atoms with van der Waals surface area (Å²) >= 11 is 0. The van der Waals surface area contributed by atoms with Gasteiger partial charge in [-0.2, -0.15) is 5.10 Å². The number of aromatic nitrogens is 2. The molecule has 0 atom stereocenters. The maximum Gasteiger partial charge on any atom is 0.337 e. The highest BCUT2D eigenvalue weighted by atomic mass is 16.4. The van der Waals surface area contributed by atoms with Crippen LogP contribution in [0.5, 0.6) is 0 Å². The summed E-state index contributed by atoms with van der Waals surface area (Å²) in [5, 5.41) is 24.9. The predicted molar refractivity (Wildman–Crippen MR) is 128 cm³/mol. The predicted octanol–water partition coefficient (Wildman–Crippen LogP) is 4.52. The molecule has 0 spiro atoms. The number of hydrogen-bond acceptors (Lipinski definition) is 4. The number of para-hydroxylation sites is 1. The van der Waals surface area contributed by atoms with Crippen LogP contribution in [0.25, 0.3) is 22.0 Å². The molecule has 0 saturated carbocycles. The molecule has 33 heavy (non-hydrogen) atoms. The molecule has 4 aromatic rings. The Morgan fingerprint density at radius 1 is 1.03 bits per heavy atom. The second kappa shape index (κ2) is 8.58. The summed E-state index contributed by atoms with van der Waals surface area (Å²) in [6, 6.07) is 19.3. The van der Waals surface area contributed by atoms with E-state index in [1.165, 1.54) is 6.07 Å². The van der Waals surface area contributed by atoms with Crippen LogP contribution in [0.4, 0.5) is 5.69 Å². The lowest BCUT2D eigenvalue weighted by Gasteiger charge is -2.08. The van der Waals surface area contributed by atoms with Crippen LogP contribution in [0.15, 0.2) is 66.7 Å². The molecule has 0 radical (unpaired) electrons. The van der Waals surface area contributed by atoms with Gasteiger partial charge in [-0.05, 0) is 49.2 Å². The number of fused-ring (bicyclic) bond motifs is 1. The highest BCUT2D eigenvalue weighted by Crippen LogP contribution is 2.29. The number of carbonyl (C=O) groups excluding carboxylic acids is 1. The molecule has 0 aliphatic carbocycles. The number of nitrogens with two attached hydrogens (primary N) is 1. The van der Waals surface area contributed by atoms with Gasteiger partial charge in [0.15, 0.2) is 5.69 Å². The lowest BCUT2D eigenvalue weighted by Crippen LogP contribution is -2.16. The average molecular weight is 441 g/mol. The van der Waals surface area contributed by atoms with Crippen molar-refractivity contribution in [2.45, 2.75) is 19.9 Å². The van der Waals surface area contributed by atoms with Crippen molar-refractivity contribution in [2.75, 3.05) is 5.32 Å². The molecule has 8 heteroatoms. The van der Waals surface area contributed by atoms with Crippen molar-refractivity contribution in [2.24, 2.45) is 5.73 Å². The van der Waals surface area contributed by atoms with Gasteiger partial charge in [0.05, 0.1) is 16.8 Å². The van der Waals surface area contributed by atoms with Gasteiger partial charge in [-0.25, -0.2) is 4.79 Å². The molecule has 0 bridgehead atoms. The summed E-state index contributed by atoms with van der Waals surface area (Å²) in [6.07, 6.45) is 0. The number of nitrogens with zero attached hydrogens (tertiary/aromatic N) is 2. The first-order valence-corrected chi connectivity index (χ1v) is 10.4. The molecule has 166 valence electrons. The van der Waals surface area contributed by atoms with Crippen LogP contribution in [-0.2, 0) is 0 Å². The second-order valence-electron chi connectivity index (χ2n) is 7.91. The van der Waals surface area contributed by atoms with Gasteiger partial charge in [0.2, 0.25) is 0 Å². The van der Waals surface area contributed by atoms with Crippen molar-refractivity contribution in [3.63, 3.8) is 0 Å². The largest absolute Gasteiger partial charge is 0.478 e. The lowest BCUT2D eigenvalue weighted by atomic mass is 10.0. The van der Waals surface area contributed by atoms with Crippen LogP contribution in [0.2, 0.25) is 0 Å². The highest BCUT2D eigenvalue weighted by molar-refractivity contribution is 6.13. The van der Waals surface area contributed by atoms with E-state index in [9.17, 15) is 14.7 Å². The molecule has 3 aromatic carbocycles. The van der Waals surface area contributed by atoms with E-state index in [2.05, 4.69) is 10.4 Å². The number of benzene rings is 3. The maximum atomic E-state index is 13.2. The quantitative estimate of drug-likeness (QED) is 0.258. The monoisotopic (exact) mass is 441 g/mol. The van der Waals surface area contributed by atoms with Crippen LogP contribution >= 0.6 is 0 Å². The Labute approximate surface area is 190 Å². The van der Waals surface area contributed by atoms with E-state index in [1.54, 1.807) is 35.0 Å². The number of hydrogen-bond donors (Lipinski definition) is 4. The summed E-state index contributed by atoms with van der Waals surface area (Å²) in [5.74, 6) is -1.62. The molecule has 0 fully saturated rings. The summed E-state index contributed by atoms with van der Waals surface area (Å²) in [6.45, 7) is 3.95. The number of rotatable bonds is 6. The molecule has 8 nitrogen and oxygen atoms in total. The zero-order valence-electron chi connectivity index (χ0n) is 18.2. The molecule has 0 saturated heterocycles. The SMILES string of the molecule is CC(C)n1nc(C(=O)Nc2ccccc2C(=O)O)c2cc(-c3ccc(C(=N)N)cc3)ccc21. The number of carbonyl (C=O) groups is 2. The summed E-state index contributed by atoms with van der Waals surface area (Å²) in [4.78, 5) is 24.7. The van der Waals surface area contributed by atoms with Gasteiger partial charge < -0.3 is 16.2 Å². The zero-order chi connectivity index (χ0) is 23.7. The number of aromatic carboxylic acids is 1. The van der Waals surface area contributed by atoms with Crippen molar-refractivity contribution < 1.29 is 14.7 Å². The number of carboxylic acids is 1. The van der Waals surface area contributed by atoms with Gasteiger partial charge in [0.25, 0.3) is 5.91 Å². The summed E-state index contributed by atoms with van der Waals surface area (Å²) in [7, 11) is 0. The van der Waals surface area contributed by atoms with Crippen LogP contribution < -0.4 is 11.1 Å². The van der Waals surface area contributed by atoms with Gasteiger partial charge in [0, 0.05) is 17.0 Å². The third-order valence-corrected chi connectivity index (χ3v) is 5.35. The second-order valence-corrected chi connectivity index (χ2v) is 7.91. The molecule has 1 aromatic heterocycles. The fourth-order valence-electron chi connectivity index (χ4n) is 3.68. The molecule has 0 aliphatic heterocycles. The van der Waals surface area contributed by atoms with Crippen molar-refractivity contribution in [1.82, 2.24) is 9.78 Å². The Morgan fingerprint density at radius 2 is 1.70 bits per heavy atom. The van der Waals surface area contributed by atoms with Gasteiger partial charge in [0.1, 0.15) is 5.84 Å². The fourth-order valence-corrected chi connectivity index (χ4v) is 3.68. The molecular weight excluding hydrogens is 418 g/mol. The van der Waals surface area contributed by atoms with Crippen molar-refractivity contribution in [1.29, 1.82) is 5.41 Å². The van der Waals surface area contributed by atoms with Crippen molar-refractivity contribution in [3.8, 4) is 11.1 Å². The highest BCUT2D eigenvalue weighted by Gasteiger charge is 2.21. The molecule has 0 unspecified atom stereocenters. The lowest BCUT2D eigenvalue weighted by molar-refractivity contribution is 0.0698. The van der Waals surface area contributed by atoms with Crippen molar-refractivity contribution >= 4 is 34.3 Å². The number of amides is 1. The number of nitrogen functional groups attached to an aromatic ring is 1. The Balaban J connectivity index is 1.79. The minimum absolute atomic E-state index is 0.00388. The molecule has 1 amide bonds. The van der Waals surface area contributed by atoms with Crippen LogP contribution in [0, 0.1) is 5.41 Å². The maximum absolute atomic E-state index is 13.2.